The third-order valence-corrected chi connectivity index (χ3v) is 3.04. The lowest BCUT2D eigenvalue weighted by molar-refractivity contribution is -0.120. The summed E-state index contributed by atoms with van der Waals surface area (Å²) < 4.78 is 37.7. The molecule has 2 rings (SSSR count). The molecule has 1 saturated carbocycles. The van der Waals surface area contributed by atoms with E-state index < -0.39 is 12.7 Å². The molecule has 112 valence electrons. The van der Waals surface area contributed by atoms with Crippen LogP contribution in [0, 0.1) is 0 Å². The van der Waals surface area contributed by atoms with Crippen LogP contribution in [0.2, 0.25) is 0 Å². The largest absolute Gasteiger partial charge is 0.406 e. The van der Waals surface area contributed by atoms with E-state index in [1.165, 1.54) is 4.90 Å². The summed E-state index contributed by atoms with van der Waals surface area (Å²) in [5.74, 6) is 0.170. The van der Waals surface area contributed by atoms with E-state index in [-0.39, 0.29) is 12.0 Å². The first-order valence-electron chi connectivity index (χ1n) is 6.84. The fourth-order valence-electron chi connectivity index (χ4n) is 1.94. The van der Waals surface area contributed by atoms with Crippen LogP contribution < -0.4 is 10.2 Å². The molecule has 0 radical (unpaired) electrons. The van der Waals surface area contributed by atoms with Crippen LogP contribution in [0.25, 0.3) is 0 Å². The average Bonchev–Trinajstić information content (AvgIpc) is 3.20. The summed E-state index contributed by atoms with van der Waals surface area (Å²) in [4.78, 5) is 9.41. The lowest BCUT2D eigenvalue weighted by Gasteiger charge is -2.23. The smallest absolute Gasteiger partial charge is 0.329 e. The second kappa shape index (κ2) is 6.39. The van der Waals surface area contributed by atoms with Gasteiger partial charge in [-0.15, -0.1) is 0 Å². The van der Waals surface area contributed by atoms with Gasteiger partial charge in [0.2, 0.25) is 5.95 Å². The number of rotatable bonds is 7. The summed E-state index contributed by atoms with van der Waals surface area (Å²) in [6.07, 6.45) is 1.54. The van der Waals surface area contributed by atoms with Gasteiger partial charge in [-0.2, -0.15) is 13.2 Å². The topological polar surface area (TPSA) is 41.1 Å². The Morgan fingerprint density at radius 1 is 1.30 bits per heavy atom. The van der Waals surface area contributed by atoms with Crippen LogP contribution in [-0.4, -0.2) is 35.3 Å². The fraction of sp³-hybridized carbons (Fsp3) is 0.692. The second-order valence-electron chi connectivity index (χ2n) is 5.04. The first kappa shape index (κ1) is 15.0. The van der Waals surface area contributed by atoms with Crippen molar-refractivity contribution in [2.75, 3.05) is 18.0 Å². The minimum atomic E-state index is -4.23. The minimum Gasteiger partial charge on any atom is -0.329 e. The van der Waals surface area contributed by atoms with Crippen molar-refractivity contribution in [2.24, 2.45) is 0 Å². The third kappa shape index (κ3) is 4.63. The van der Waals surface area contributed by atoms with Crippen molar-refractivity contribution in [3.05, 3.63) is 18.0 Å². The predicted molar refractivity (Wildman–Crippen MR) is 70.5 cm³/mol. The molecule has 0 spiro atoms. The fourth-order valence-corrected chi connectivity index (χ4v) is 1.94. The highest BCUT2D eigenvalue weighted by Crippen LogP contribution is 2.32. The molecule has 0 saturated heterocycles. The van der Waals surface area contributed by atoms with Crippen molar-refractivity contribution in [1.29, 1.82) is 0 Å². The van der Waals surface area contributed by atoms with E-state index in [0.29, 0.717) is 6.54 Å². The van der Waals surface area contributed by atoms with E-state index in [1.54, 1.807) is 12.4 Å². The molecule has 1 heterocycles. The van der Waals surface area contributed by atoms with Crippen LogP contribution in [-0.2, 0) is 6.54 Å². The molecule has 4 nitrogen and oxygen atoms in total. The molecule has 0 aliphatic heterocycles. The number of hydrogen-bond donors (Lipinski definition) is 1. The van der Waals surface area contributed by atoms with Crippen molar-refractivity contribution in [1.82, 2.24) is 15.3 Å². The van der Waals surface area contributed by atoms with Gasteiger partial charge in [0.05, 0.1) is 0 Å². The van der Waals surface area contributed by atoms with Crippen LogP contribution in [0.3, 0.4) is 0 Å². The average molecular weight is 288 g/mol. The first-order valence-corrected chi connectivity index (χ1v) is 6.84. The maximum atomic E-state index is 12.6. The summed E-state index contributed by atoms with van der Waals surface area (Å²) in [5.41, 5.74) is 0.880. The zero-order valence-electron chi connectivity index (χ0n) is 11.5. The zero-order chi connectivity index (χ0) is 14.6. The molecule has 1 fully saturated rings. The molecule has 1 aliphatic carbocycles. The van der Waals surface area contributed by atoms with Gasteiger partial charge in [-0.1, -0.05) is 6.92 Å². The van der Waals surface area contributed by atoms with E-state index in [9.17, 15) is 13.2 Å². The predicted octanol–water partition coefficient (Wildman–Crippen LogP) is 2.51. The molecule has 20 heavy (non-hydrogen) atoms. The maximum absolute atomic E-state index is 12.6. The Hall–Kier alpha value is -1.37. The van der Waals surface area contributed by atoms with Crippen molar-refractivity contribution >= 4 is 5.95 Å². The SMILES string of the molecule is CCCNCc1cnc(N(CC(F)(F)F)C2CC2)nc1. The quantitative estimate of drug-likeness (QED) is 0.783. The van der Waals surface area contributed by atoms with Crippen LogP contribution in [0.15, 0.2) is 12.4 Å². The normalized spacial score (nSPS) is 15.4. The van der Waals surface area contributed by atoms with E-state index in [0.717, 1.165) is 31.4 Å². The highest BCUT2D eigenvalue weighted by molar-refractivity contribution is 5.34. The zero-order valence-corrected chi connectivity index (χ0v) is 11.5. The Bertz CT molecular complexity index is 415. The molecule has 0 atom stereocenters. The molecular formula is C13H19F3N4. The van der Waals surface area contributed by atoms with Gasteiger partial charge in [-0.3, -0.25) is 0 Å². The molecule has 0 bridgehead atoms. The Balaban J connectivity index is 1.99. The van der Waals surface area contributed by atoms with Gasteiger partial charge in [0, 0.05) is 30.5 Å². The minimum absolute atomic E-state index is 0.0688. The summed E-state index contributed by atoms with van der Waals surface area (Å²) >= 11 is 0. The van der Waals surface area contributed by atoms with Gasteiger partial charge in [0.25, 0.3) is 0 Å². The molecule has 0 unspecified atom stereocenters. The molecule has 0 amide bonds. The summed E-state index contributed by atoms with van der Waals surface area (Å²) in [6.45, 7) is 2.61. The van der Waals surface area contributed by atoms with Gasteiger partial charge < -0.3 is 10.2 Å². The Morgan fingerprint density at radius 2 is 1.95 bits per heavy atom. The molecule has 0 aromatic carbocycles. The van der Waals surface area contributed by atoms with Gasteiger partial charge >= 0.3 is 6.18 Å². The molecule has 1 aromatic heterocycles. The number of hydrogen-bond acceptors (Lipinski definition) is 4. The monoisotopic (exact) mass is 288 g/mol. The molecule has 1 N–H and O–H groups in total. The summed E-state index contributed by atoms with van der Waals surface area (Å²) in [7, 11) is 0. The highest BCUT2D eigenvalue weighted by atomic mass is 19.4. The third-order valence-electron chi connectivity index (χ3n) is 3.04. The van der Waals surface area contributed by atoms with E-state index in [2.05, 4.69) is 22.2 Å². The number of alkyl halides is 3. The summed E-state index contributed by atoms with van der Waals surface area (Å²) in [6, 6.07) is -0.0688. The van der Waals surface area contributed by atoms with E-state index >= 15 is 0 Å². The number of nitrogens with one attached hydrogen (secondary N) is 1. The second-order valence-corrected chi connectivity index (χ2v) is 5.04. The molecule has 7 heteroatoms. The van der Waals surface area contributed by atoms with Gasteiger partial charge in [0.1, 0.15) is 6.54 Å². The van der Waals surface area contributed by atoms with Crippen LogP contribution in [0.5, 0.6) is 0 Å². The van der Waals surface area contributed by atoms with E-state index in [4.69, 9.17) is 0 Å². The lowest BCUT2D eigenvalue weighted by atomic mass is 10.3. The molecule has 1 aliphatic rings. The Kier molecular flexibility index (Phi) is 4.80. The lowest BCUT2D eigenvalue weighted by Crippen LogP contribution is -2.37. The van der Waals surface area contributed by atoms with Crippen molar-refractivity contribution in [3.8, 4) is 0 Å². The molecule has 1 aromatic rings. The number of nitrogens with zero attached hydrogens (tertiary/aromatic N) is 3. The van der Waals surface area contributed by atoms with Gasteiger partial charge in [-0.25, -0.2) is 9.97 Å². The van der Waals surface area contributed by atoms with E-state index in [1.807, 2.05) is 0 Å². The summed E-state index contributed by atoms with van der Waals surface area (Å²) in [5, 5.41) is 3.20. The number of halogens is 3. The number of aromatic nitrogens is 2. The van der Waals surface area contributed by atoms with Crippen LogP contribution in [0.1, 0.15) is 31.7 Å². The molecular weight excluding hydrogens is 269 g/mol. The Morgan fingerprint density at radius 3 is 2.45 bits per heavy atom. The number of anilines is 1. The van der Waals surface area contributed by atoms with Crippen LogP contribution >= 0.6 is 0 Å². The van der Waals surface area contributed by atoms with Crippen molar-refractivity contribution in [3.63, 3.8) is 0 Å². The van der Waals surface area contributed by atoms with Gasteiger partial charge in [-0.05, 0) is 25.8 Å². The van der Waals surface area contributed by atoms with Crippen molar-refractivity contribution in [2.45, 2.75) is 44.9 Å². The van der Waals surface area contributed by atoms with Gasteiger partial charge in [0.15, 0.2) is 0 Å². The maximum Gasteiger partial charge on any atom is 0.406 e. The standard InChI is InChI=1S/C13H19F3N4/c1-2-5-17-6-10-7-18-12(19-8-10)20(11-3-4-11)9-13(14,15)16/h7-8,11,17H,2-6,9H2,1H3. The van der Waals surface area contributed by atoms with Crippen LogP contribution in [0.4, 0.5) is 19.1 Å². The first-order chi connectivity index (χ1) is 9.49. The Labute approximate surface area is 116 Å². The highest BCUT2D eigenvalue weighted by Gasteiger charge is 2.39. The van der Waals surface area contributed by atoms with Crippen molar-refractivity contribution < 1.29 is 13.2 Å².